The fourth-order valence-corrected chi connectivity index (χ4v) is 4.53. The number of hydrogen-bond donors (Lipinski definition) is 5. The highest BCUT2D eigenvalue weighted by molar-refractivity contribution is 5.68. The Bertz CT molecular complexity index is 1150. The van der Waals surface area contributed by atoms with Crippen LogP contribution in [0.4, 0.5) is 9.59 Å². The molecular weight excluding hydrogens is 590 g/mol. The number of benzene rings is 2. The van der Waals surface area contributed by atoms with Gasteiger partial charge < -0.3 is 45.1 Å². The van der Waals surface area contributed by atoms with E-state index in [9.17, 15) is 19.8 Å². The number of amides is 2. The van der Waals surface area contributed by atoms with Gasteiger partial charge in [-0.1, -0.05) is 42.5 Å². The molecule has 2 amide bonds. The standard InChI is InChI=1S/C35H55N3O8/c1-34(2,3)45-32(41)37-28(21-25-13-9-8-10-14-25)30(39)23-36-24-31(40)29(38-33(42)46-35(4,5)6)22-26-15-17-27(18-16-26)44-20-12-11-19-43-7/h8-10,13-18,28-31,36,39-40H,11-12,19-24H2,1-7H3,(H,37,41)(H,38,42)/t28-,29-,30+,31+/m0/s1. The zero-order chi connectivity index (χ0) is 34.2. The average Bonchev–Trinajstić information content (AvgIpc) is 2.95. The molecule has 0 aliphatic rings. The highest BCUT2D eigenvalue weighted by Gasteiger charge is 2.27. The van der Waals surface area contributed by atoms with Crippen LogP contribution in [-0.2, 0) is 27.1 Å². The van der Waals surface area contributed by atoms with E-state index >= 15 is 0 Å². The maximum absolute atomic E-state index is 12.7. The van der Waals surface area contributed by atoms with Gasteiger partial charge in [-0.15, -0.1) is 0 Å². The normalized spacial score (nSPS) is 14.5. The predicted molar refractivity (Wildman–Crippen MR) is 178 cm³/mol. The summed E-state index contributed by atoms with van der Waals surface area (Å²) >= 11 is 0. The summed E-state index contributed by atoms with van der Waals surface area (Å²) in [4.78, 5) is 25.2. The molecule has 0 fully saturated rings. The van der Waals surface area contributed by atoms with E-state index in [-0.39, 0.29) is 13.1 Å². The zero-order valence-corrected chi connectivity index (χ0v) is 28.5. The van der Waals surface area contributed by atoms with E-state index in [0.29, 0.717) is 26.1 Å². The van der Waals surface area contributed by atoms with Crippen LogP contribution >= 0.6 is 0 Å². The Morgan fingerprint density at radius 3 is 1.61 bits per heavy atom. The van der Waals surface area contributed by atoms with Crippen LogP contribution in [-0.4, -0.2) is 91.3 Å². The summed E-state index contributed by atoms with van der Waals surface area (Å²) in [6, 6.07) is 15.7. The zero-order valence-electron chi connectivity index (χ0n) is 28.5. The van der Waals surface area contributed by atoms with Gasteiger partial charge in [-0.3, -0.25) is 0 Å². The second-order valence-corrected chi connectivity index (χ2v) is 13.4. The summed E-state index contributed by atoms with van der Waals surface area (Å²) in [7, 11) is 1.68. The monoisotopic (exact) mass is 645 g/mol. The van der Waals surface area contributed by atoms with Crippen LogP contribution < -0.4 is 20.7 Å². The number of rotatable bonds is 18. The molecule has 5 N–H and O–H groups in total. The van der Waals surface area contributed by atoms with E-state index < -0.39 is 47.7 Å². The number of aliphatic hydroxyl groups excluding tert-OH is 2. The lowest BCUT2D eigenvalue weighted by molar-refractivity contribution is 0.0399. The second kappa shape index (κ2) is 19.3. The van der Waals surface area contributed by atoms with Crippen LogP contribution in [0.1, 0.15) is 65.5 Å². The van der Waals surface area contributed by atoms with Gasteiger partial charge in [0, 0.05) is 26.8 Å². The van der Waals surface area contributed by atoms with Crippen LogP contribution in [0.15, 0.2) is 54.6 Å². The first-order chi connectivity index (χ1) is 21.6. The number of ether oxygens (including phenoxy) is 4. The SMILES string of the molecule is COCCCCOc1ccc(C[C@H](NC(=O)OC(C)(C)C)[C@H](O)CNC[C@@H](O)[C@H](Cc2ccccc2)NC(=O)OC(C)(C)C)cc1. The van der Waals surface area contributed by atoms with Crippen molar-refractivity contribution in [3.05, 3.63) is 65.7 Å². The van der Waals surface area contributed by atoms with Crippen molar-refractivity contribution in [3.63, 3.8) is 0 Å². The van der Waals surface area contributed by atoms with Crippen LogP contribution in [0.5, 0.6) is 5.75 Å². The van der Waals surface area contributed by atoms with Crippen LogP contribution in [0.25, 0.3) is 0 Å². The van der Waals surface area contributed by atoms with Gasteiger partial charge in [-0.05, 0) is 90.5 Å². The minimum atomic E-state index is -1.03. The fourth-order valence-electron chi connectivity index (χ4n) is 4.53. The molecule has 0 aliphatic heterocycles. The molecule has 2 aromatic carbocycles. The Morgan fingerprint density at radius 1 is 0.696 bits per heavy atom. The molecule has 4 atom stereocenters. The molecule has 11 nitrogen and oxygen atoms in total. The summed E-state index contributed by atoms with van der Waals surface area (Å²) in [5, 5.41) is 30.9. The Kier molecular flexibility index (Phi) is 16.3. The van der Waals surface area contributed by atoms with E-state index in [0.717, 1.165) is 29.7 Å². The fraction of sp³-hybridized carbons (Fsp3) is 0.600. The van der Waals surface area contributed by atoms with Gasteiger partial charge in [0.25, 0.3) is 0 Å². The lowest BCUT2D eigenvalue weighted by atomic mass is 10.00. The maximum Gasteiger partial charge on any atom is 0.407 e. The van der Waals surface area contributed by atoms with E-state index in [1.807, 2.05) is 54.6 Å². The lowest BCUT2D eigenvalue weighted by Crippen LogP contribution is -2.53. The number of carbonyl (C=O) groups excluding carboxylic acids is 2. The Morgan fingerprint density at radius 2 is 1.15 bits per heavy atom. The number of nitrogens with one attached hydrogen (secondary N) is 3. The van der Waals surface area contributed by atoms with Crippen molar-refractivity contribution in [2.75, 3.05) is 33.4 Å². The molecule has 2 rings (SSSR count). The molecule has 46 heavy (non-hydrogen) atoms. The Labute approximate surface area is 274 Å². The molecule has 0 aliphatic carbocycles. The van der Waals surface area contributed by atoms with Gasteiger partial charge in [-0.25, -0.2) is 9.59 Å². The first-order valence-electron chi connectivity index (χ1n) is 16.0. The Balaban J connectivity index is 2.04. The van der Waals surface area contributed by atoms with Gasteiger partial charge in [0.05, 0.1) is 30.9 Å². The molecule has 0 saturated heterocycles. The molecule has 0 saturated carbocycles. The third-order valence-corrected chi connectivity index (χ3v) is 6.73. The number of alkyl carbamates (subject to hydrolysis) is 2. The molecule has 0 spiro atoms. The molecule has 258 valence electrons. The summed E-state index contributed by atoms with van der Waals surface area (Å²) in [5.41, 5.74) is 0.421. The van der Waals surface area contributed by atoms with Gasteiger partial charge in [0.15, 0.2) is 0 Å². The van der Waals surface area contributed by atoms with Crippen LogP contribution in [0, 0.1) is 0 Å². The van der Waals surface area contributed by atoms with Crippen molar-refractivity contribution in [1.82, 2.24) is 16.0 Å². The molecular formula is C35H55N3O8. The maximum atomic E-state index is 12.7. The molecule has 2 aromatic rings. The van der Waals surface area contributed by atoms with Crippen molar-refractivity contribution in [1.29, 1.82) is 0 Å². The van der Waals surface area contributed by atoms with Crippen molar-refractivity contribution < 1.29 is 38.7 Å². The minimum Gasteiger partial charge on any atom is -0.494 e. The van der Waals surface area contributed by atoms with Crippen molar-refractivity contribution >= 4 is 12.2 Å². The van der Waals surface area contributed by atoms with Gasteiger partial charge in [-0.2, -0.15) is 0 Å². The van der Waals surface area contributed by atoms with E-state index in [4.69, 9.17) is 18.9 Å². The highest BCUT2D eigenvalue weighted by Crippen LogP contribution is 2.16. The molecule has 0 radical (unpaired) electrons. The number of unbranched alkanes of at least 4 members (excludes halogenated alkanes) is 1. The number of methoxy groups -OCH3 is 1. The topological polar surface area (TPSA) is 148 Å². The first kappa shape index (κ1) is 38.8. The van der Waals surface area contributed by atoms with Crippen molar-refractivity contribution in [2.24, 2.45) is 0 Å². The third kappa shape index (κ3) is 16.8. The predicted octanol–water partition coefficient (Wildman–Crippen LogP) is 4.38. The smallest absolute Gasteiger partial charge is 0.407 e. The summed E-state index contributed by atoms with van der Waals surface area (Å²) in [6.07, 6.45) is -0.786. The Hall–Kier alpha value is -3.38. The quantitative estimate of drug-likeness (QED) is 0.149. The average molecular weight is 646 g/mol. The second-order valence-electron chi connectivity index (χ2n) is 13.4. The van der Waals surface area contributed by atoms with E-state index in [2.05, 4.69) is 16.0 Å². The summed E-state index contributed by atoms with van der Waals surface area (Å²) < 4.78 is 21.7. The van der Waals surface area contributed by atoms with Gasteiger partial charge >= 0.3 is 12.2 Å². The van der Waals surface area contributed by atoms with E-state index in [1.165, 1.54) is 0 Å². The molecule has 0 aromatic heterocycles. The summed E-state index contributed by atoms with van der Waals surface area (Å²) in [5.74, 6) is 0.735. The number of aliphatic hydroxyl groups is 2. The molecule has 0 heterocycles. The molecule has 11 heteroatoms. The van der Waals surface area contributed by atoms with Gasteiger partial charge in [0.1, 0.15) is 17.0 Å². The number of carbonyl (C=O) groups is 2. The largest absolute Gasteiger partial charge is 0.494 e. The minimum absolute atomic E-state index is 0.0602. The summed E-state index contributed by atoms with van der Waals surface area (Å²) in [6.45, 7) is 12.0. The van der Waals surface area contributed by atoms with Crippen LogP contribution in [0.3, 0.4) is 0 Å². The van der Waals surface area contributed by atoms with E-state index in [1.54, 1.807) is 48.7 Å². The van der Waals surface area contributed by atoms with Crippen LogP contribution in [0.2, 0.25) is 0 Å². The van der Waals surface area contributed by atoms with Crippen molar-refractivity contribution in [2.45, 2.75) is 103 Å². The lowest BCUT2D eigenvalue weighted by Gasteiger charge is -2.29. The highest BCUT2D eigenvalue weighted by atomic mass is 16.6. The van der Waals surface area contributed by atoms with Crippen molar-refractivity contribution in [3.8, 4) is 5.75 Å². The first-order valence-corrected chi connectivity index (χ1v) is 16.0. The third-order valence-electron chi connectivity index (χ3n) is 6.73. The molecule has 0 unspecified atom stereocenters. The van der Waals surface area contributed by atoms with Gasteiger partial charge in [0.2, 0.25) is 0 Å². The molecule has 0 bridgehead atoms. The number of hydrogen-bond acceptors (Lipinski definition) is 9.